The summed E-state index contributed by atoms with van der Waals surface area (Å²) in [6.07, 6.45) is 0. The number of hydrogen-bond acceptors (Lipinski definition) is 2. The number of nitrogens with zero attached hydrogens (tertiary/aromatic N) is 2. The van der Waals surface area contributed by atoms with Gasteiger partial charge in [-0.1, -0.05) is 70.5 Å². The molecule has 0 amide bonds. The van der Waals surface area contributed by atoms with Gasteiger partial charge in [-0.25, -0.2) is 4.98 Å². The summed E-state index contributed by atoms with van der Waals surface area (Å²) in [5.74, 6) is 0. The SMILES string of the molecule is N#Cc1ccc(-c2cc(-c3ccccc3)cc(-c3ccc(Br)cc3)n2)cc1. The molecule has 0 bridgehead atoms. The van der Waals surface area contributed by atoms with Gasteiger partial charge >= 0.3 is 0 Å². The minimum Gasteiger partial charge on any atom is -0.248 e. The number of benzene rings is 3. The molecule has 0 spiro atoms. The molecule has 4 aromatic rings. The molecule has 2 nitrogen and oxygen atoms in total. The highest BCUT2D eigenvalue weighted by atomic mass is 79.9. The fraction of sp³-hybridized carbons (Fsp3) is 0. The lowest BCUT2D eigenvalue weighted by molar-refractivity contribution is 1.32. The van der Waals surface area contributed by atoms with E-state index in [0.29, 0.717) is 5.56 Å². The Kier molecular flexibility index (Phi) is 4.82. The zero-order valence-electron chi connectivity index (χ0n) is 14.4. The fourth-order valence-corrected chi connectivity index (χ4v) is 3.22. The van der Waals surface area contributed by atoms with Crippen LogP contribution in [0, 0.1) is 11.3 Å². The van der Waals surface area contributed by atoms with Crippen molar-refractivity contribution in [3.63, 3.8) is 0 Å². The summed E-state index contributed by atoms with van der Waals surface area (Å²) >= 11 is 3.49. The average Bonchev–Trinajstić information content (AvgIpc) is 2.74. The van der Waals surface area contributed by atoms with Crippen molar-refractivity contribution in [1.29, 1.82) is 5.26 Å². The minimum absolute atomic E-state index is 0.645. The largest absolute Gasteiger partial charge is 0.248 e. The Morgan fingerprint density at radius 2 is 1.19 bits per heavy atom. The molecule has 3 heteroatoms. The first-order valence-corrected chi connectivity index (χ1v) is 9.36. The molecule has 128 valence electrons. The number of nitriles is 1. The summed E-state index contributed by atoms with van der Waals surface area (Å²) in [4.78, 5) is 4.89. The lowest BCUT2D eigenvalue weighted by Gasteiger charge is -2.10. The highest BCUT2D eigenvalue weighted by Gasteiger charge is 2.09. The number of halogens is 1. The van der Waals surface area contributed by atoms with E-state index in [9.17, 15) is 0 Å². The Bertz CT molecular complexity index is 1110. The summed E-state index contributed by atoms with van der Waals surface area (Å²) < 4.78 is 1.04. The van der Waals surface area contributed by atoms with Gasteiger partial charge in [0.15, 0.2) is 0 Å². The molecule has 3 aromatic carbocycles. The molecule has 0 aliphatic rings. The molecule has 0 aliphatic heterocycles. The zero-order valence-corrected chi connectivity index (χ0v) is 16.0. The first-order chi connectivity index (χ1) is 13.2. The summed E-state index contributed by atoms with van der Waals surface area (Å²) in [6.45, 7) is 0. The van der Waals surface area contributed by atoms with Crippen LogP contribution in [-0.4, -0.2) is 4.98 Å². The predicted molar refractivity (Wildman–Crippen MR) is 113 cm³/mol. The van der Waals surface area contributed by atoms with Gasteiger partial charge in [-0.15, -0.1) is 0 Å². The van der Waals surface area contributed by atoms with E-state index in [0.717, 1.165) is 38.1 Å². The van der Waals surface area contributed by atoms with E-state index in [1.165, 1.54) is 0 Å². The molecule has 0 fully saturated rings. The van der Waals surface area contributed by atoms with Crippen LogP contribution >= 0.6 is 15.9 Å². The van der Waals surface area contributed by atoms with Gasteiger partial charge < -0.3 is 0 Å². The van der Waals surface area contributed by atoms with Crippen LogP contribution in [0.4, 0.5) is 0 Å². The lowest BCUT2D eigenvalue weighted by Crippen LogP contribution is -1.91. The van der Waals surface area contributed by atoms with Crippen molar-refractivity contribution in [2.45, 2.75) is 0 Å². The van der Waals surface area contributed by atoms with Crippen LogP contribution < -0.4 is 0 Å². The second kappa shape index (κ2) is 7.57. The second-order valence-electron chi connectivity index (χ2n) is 6.19. The Hall–Kier alpha value is -3.22. The van der Waals surface area contributed by atoms with Gasteiger partial charge in [0, 0.05) is 15.6 Å². The number of hydrogen-bond donors (Lipinski definition) is 0. The van der Waals surface area contributed by atoms with Crippen LogP contribution in [0.1, 0.15) is 5.56 Å². The van der Waals surface area contributed by atoms with E-state index < -0.39 is 0 Å². The van der Waals surface area contributed by atoms with Gasteiger partial charge in [0.25, 0.3) is 0 Å². The Morgan fingerprint density at radius 3 is 1.74 bits per heavy atom. The molecule has 0 saturated heterocycles. The van der Waals surface area contributed by atoms with Crippen molar-refractivity contribution in [3.8, 4) is 39.7 Å². The first kappa shape index (κ1) is 17.2. The third-order valence-electron chi connectivity index (χ3n) is 4.38. The molecule has 1 aromatic heterocycles. The molecule has 27 heavy (non-hydrogen) atoms. The first-order valence-electron chi connectivity index (χ1n) is 8.57. The van der Waals surface area contributed by atoms with Crippen LogP contribution in [0.2, 0.25) is 0 Å². The quantitative estimate of drug-likeness (QED) is 0.375. The highest BCUT2D eigenvalue weighted by molar-refractivity contribution is 9.10. The zero-order chi connectivity index (χ0) is 18.6. The predicted octanol–water partition coefficient (Wildman–Crippen LogP) is 6.72. The van der Waals surface area contributed by atoms with Gasteiger partial charge in [-0.05, 0) is 47.5 Å². The number of rotatable bonds is 3. The van der Waals surface area contributed by atoms with Crippen molar-refractivity contribution in [2.75, 3.05) is 0 Å². The summed E-state index contributed by atoms with van der Waals surface area (Å²) in [6, 6.07) is 32.4. The van der Waals surface area contributed by atoms with Gasteiger partial charge in [0.1, 0.15) is 0 Å². The highest BCUT2D eigenvalue weighted by Crippen LogP contribution is 2.30. The van der Waals surface area contributed by atoms with E-state index in [4.69, 9.17) is 10.2 Å². The normalized spacial score (nSPS) is 10.4. The molecule has 0 unspecified atom stereocenters. The molecule has 0 radical (unpaired) electrons. The lowest BCUT2D eigenvalue weighted by atomic mass is 10.00. The van der Waals surface area contributed by atoms with Crippen LogP contribution in [0.5, 0.6) is 0 Å². The smallest absolute Gasteiger partial charge is 0.0991 e. The van der Waals surface area contributed by atoms with E-state index in [-0.39, 0.29) is 0 Å². The summed E-state index contributed by atoms with van der Waals surface area (Å²) in [5.41, 5.74) is 6.76. The van der Waals surface area contributed by atoms with E-state index in [1.54, 1.807) is 0 Å². The third-order valence-corrected chi connectivity index (χ3v) is 4.91. The van der Waals surface area contributed by atoms with Crippen molar-refractivity contribution in [1.82, 2.24) is 4.98 Å². The molecule has 1 heterocycles. The van der Waals surface area contributed by atoms with Gasteiger partial charge in [0.2, 0.25) is 0 Å². The minimum atomic E-state index is 0.645. The van der Waals surface area contributed by atoms with Crippen molar-refractivity contribution in [3.05, 3.63) is 101 Å². The molecule has 0 N–H and O–H groups in total. The number of pyridine rings is 1. The third kappa shape index (κ3) is 3.81. The maximum atomic E-state index is 9.04. The van der Waals surface area contributed by atoms with Crippen LogP contribution in [-0.2, 0) is 0 Å². The molecule has 0 saturated carbocycles. The molecular formula is C24H15BrN2. The van der Waals surface area contributed by atoms with E-state index in [1.807, 2.05) is 54.6 Å². The average molecular weight is 411 g/mol. The Balaban J connectivity index is 1.88. The van der Waals surface area contributed by atoms with Crippen LogP contribution in [0.3, 0.4) is 0 Å². The fourth-order valence-electron chi connectivity index (χ4n) is 2.96. The molecule has 0 atom stereocenters. The topological polar surface area (TPSA) is 36.7 Å². The van der Waals surface area contributed by atoms with Crippen LogP contribution in [0.15, 0.2) is 95.5 Å². The maximum Gasteiger partial charge on any atom is 0.0991 e. The summed E-state index contributed by atoms with van der Waals surface area (Å²) in [7, 11) is 0. The Morgan fingerprint density at radius 1 is 0.630 bits per heavy atom. The maximum absolute atomic E-state index is 9.04. The molecule has 4 rings (SSSR count). The van der Waals surface area contributed by atoms with Gasteiger partial charge in [0.05, 0.1) is 23.0 Å². The standard InChI is InChI=1S/C24H15BrN2/c25-22-12-10-20(11-13-22)24-15-21(18-4-2-1-3-5-18)14-23(27-24)19-8-6-17(16-26)7-9-19/h1-15H. The van der Waals surface area contributed by atoms with E-state index >= 15 is 0 Å². The Labute approximate surface area is 166 Å². The van der Waals surface area contributed by atoms with E-state index in [2.05, 4.69) is 58.4 Å². The van der Waals surface area contributed by atoms with Crippen molar-refractivity contribution >= 4 is 15.9 Å². The van der Waals surface area contributed by atoms with Gasteiger partial charge in [-0.2, -0.15) is 5.26 Å². The van der Waals surface area contributed by atoms with Crippen molar-refractivity contribution in [2.24, 2.45) is 0 Å². The van der Waals surface area contributed by atoms with Gasteiger partial charge in [-0.3, -0.25) is 0 Å². The number of aromatic nitrogens is 1. The molecular weight excluding hydrogens is 396 g/mol. The molecule has 0 aliphatic carbocycles. The summed E-state index contributed by atoms with van der Waals surface area (Å²) in [5, 5.41) is 9.04. The van der Waals surface area contributed by atoms with Crippen molar-refractivity contribution < 1.29 is 0 Å². The monoisotopic (exact) mass is 410 g/mol. The second-order valence-corrected chi connectivity index (χ2v) is 7.10. The van der Waals surface area contributed by atoms with Crippen LogP contribution in [0.25, 0.3) is 33.6 Å².